The lowest BCUT2D eigenvalue weighted by Crippen LogP contribution is -2.52. The summed E-state index contributed by atoms with van der Waals surface area (Å²) in [5.74, 6) is -0.966. The molecular weight excluding hydrogens is 452 g/mol. The molecule has 0 bridgehead atoms. The number of hydrogen-bond acceptors (Lipinski definition) is 5. The summed E-state index contributed by atoms with van der Waals surface area (Å²) in [5.41, 5.74) is 4.47. The highest BCUT2D eigenvalue weighted by Gasteiger charge is 2.30. The second-order valence-electron chi connectivity index (χ2n) is 8.83. The van der Waals surface area contributed by atoms with E-state index >= 15 is 0 Å². The topological polar surface area (TPSA) is 105 Å². The number of fused-ring (bicyclic) bond motifs is 3. The highest BCUT2D eigenvalue weighted by Crippen LogP contribution is 2.44. The Morgan fingerprint density at radius 2 is 1.56 bits per heavy atom. The van der Waals surface area contributed by atoms with Crippen LogP contribution in [0.5, 0.6) is 0 Å². The molecular formula is C26H32N2O5S. The molecule has 2 aromatic rings. The molecule has 2 aromatic carbocycles. The molecule has 0 heterocycles. The van der Waals surface area contributed by atoms with Crippen LogP contribution in [0, 0.1) is 5.92 Å². The SMILES string of the molecule is CSCC[C@H](NC(=O)OCC1c2ccccc2-c2ccccc21)C(=O)NC(CC(C)C)C(=O)O. The molecule has 0 saturated heterocycles. The van der Waals surface area contributed by atoms with E-state index in [0.717, 1.165) is 22.3 Å². The minimum atomic E-state index is -1.09. The first-order valence-electron chi connectivity index (χ1n) is 11.5. The summed E-state index contributed by atoms with van der Waals surface area (Å²) in [4.78, 5) is 37.0. The number of carbonyl (C=O) groups is 3. The predicted octanol–water partition coefficient (Wildman–Crippen LogP) is 4.26. The molecule has 3 rings (SSSR count). The van der Waals surface area contributed by atoms with Crippen molar-refractivity contribution in [2.75, 3.05) is 18.6 Å². The van der Waals surface area contributed by atoms with Gasteiger partial charge in [0.05, 0.1) is 0 Å². The van der Waals surface area contributed by atoms with Gasteiger partial charge in [0, 0.05) is 5.92 Å². The molecule has 0 fully saturated rings. The third-order valence-corrected chi connectivity index (χ3v) is 6.53. The fourth-order valence-corrected chi connectivity index (χ4v) is 4.72. The van der Waals surface area contributed by atoms with E-state index in [9.17, 15) is 19.5 Å². The Morgan fingerprint density at radius 3 is 2.09 bits per heavy atom. The maximum Gasteiger partial charge on any atom is 0.407 e. The van der Waals surface area contributed by atoms with Crippen molar-refractivity contribution in [3.63, 3.8) is 0 Å². The molecule has 1 aliphatic carbocycles. The fourth-order valence-electron chi connectivity index (χ4n) is 4.25. The number of ether oxygens (including phenoxy) is 1. The summed E-state index contributed by atoms with van der Waals surface area (Å²) in [6.45, 7) is 3.92. The second-order valence-corrected chi connectivity index (χ2v) is 9.82. The minimum absolute atomic E-state index is 0.0842. The van der Waals surface area contributed by atoms with Gasteiger partial charge >= 0.3 is 12.1 Å². The molecule has 2 atom stereocenters. The van der Waals surface area contributed by atoms with Crippen molar-refractivity contribution in [1.82, 2.24) is 10.6 Å². The van der Waals surface area contributed by atoms with E-state index in [-0.39, 0.29) is 18.4 Å². The normalized spacial score (nSPS) is 14.1. The van der Waals surface area contributed by atoms with Crippen LogP contribution in [0.25, 0.3) is 11.1 Å². The number of benzene rings is 2. The van der Waals surface area contributed by atoms with Crippen molar-refractivity contribution in [1.29, 1.82) is 0 Å². The van der Waals surface area contributed by atoms with Gasteiger partial charge in [0.25, 0.3) is 0 Å². The number of amides is 2. The number of carboxylic acid groups (broad SMARTS) is 1. The first-order valence-corrected chi connectivity index (χ1v) is 12.8. The molecule has 1 unspecified atom stereocenters. The van der Waals surface area contributed by atoms with Gasteiger partial charge in [-0.25, -0.2) is 9.59 Å². The van der Waals surface area contributed by atoms with Crippen molar-refractivity contribution < 1.29 is 24.2 Å². The zero-order valence-corrected chi connectivity index (χ0v) is 20.6. The quantitative estimate of drug-likeness (QED) is 0.440. The lowest BCUT2D eigenvalue weighted by atomic mass is 9.98. The Bertz CT molecular complexity index is 980. The van der Waals surface area contributed by atoms with Crippen molar-refractivity contribution in [3.8, 4) is 11.1 Å². The zero-order valence-electron chi connectivity index (χ0n) is 19.7. The van der Waals surface area contributed by atoms with Crippen LogP contribution in [0.3, 0.4) is 0 Å². The number of carbonyl (C=O) groups excluding carboxylic acids is 2. The second kappa shape index (κ2) is 11.9. The van der Waals surface area contributed by atoms with Gasteiger partial charge in [0.15, 0.2) is 0 Å². The summed E-state index contributed by atoms with van der Waals surface area (Å²) in [7, 11) is 0. The van der Waals surface area contributed by atoms with Crippen LogP contribution in [0.4, 0.5) is 4.79 Å². The molecule has 8 heteroatoms. The van der Waals surface area contributed by atoms with Crippen LogP contribution in [0.15, 0.2) is 48.5 Å². The Morgan fingerprint density at radius 1 is 0.971 bits per heavy atom. The maximum atomic E-state index is 12.8. The summed E-state index contributed by atoms with van der Waals surface area (Å²) >= 11 is 1.54. The number of nitrogens with one attached hydrogen (secondary N) is 2. The Labute approximate surface area is 204 Å². The summed E-state index contributed by atoms with van der Waals surface area (Å²) in [5, 5.41) is 14.7. The number of alkyl carbamates (subject to hydrolysis) is 1. The highest BCUT2D eigenvalue weighted by atomic mass is 32.2. The number of hydrogen-bond donors (Lipinski definition) is 3. The third-order valence-electron chi connectivity index (χ3n) is 5.88. The van der Waals surface area contributed by atoms with E-state index in [0.29, 0.717) is 18.6 Å². The highest BCUT2D eigenvalue weighted by molar-refractivity contribution is 7.98. The van der Waals surface area contributed by atoms with E-state index in [2.05, 4.69) is 22.8 Å². The van der Waals surface area contributed by atoms with Crippen LogP contribution >= 0.6 is 11.8 Å². The van der Waals surface area contributed by atoms with Crippen molar-refractivity contribution in [3.05, 3.63) is 59.7 Å². The van der Waals surface area contributed by atoms with Crippen molar-refractivity contribution in [2.45, 2.75) is 44.7 Å². The summed E-state index contributed by atoms with van der Waals surface area (Å²) in [6, 6.07) is 14.2. The molecule has 0 aromatic heterocycles. The molecule has 182 valence electrons. The molecule has 0 saturated carbocycles. The molecule has 0 radical (unpaired) electrons. The lowest BCUT2D eigenvalue weighted by Gasteiger charge is -2.22. The fraction of sp³-hybridized carbons (Fsp3) is 0.423. The van der Waals surface area contributed by atoms with Gasteiger partial charge in [-0.1, -0.05) is 62.4 Å². The number of thioether (sulfide) groups is 1. The van der Waals surface area contributed by atoms with Gasteiger partial charge in [0.2, 0.25) is 5.91 Å². The molecule has 0 spiro atoms. The van der Waals surface area contributed by atoms with Crippen LogP contribution in [0.2, 0.25) is 0 Å². The lowest BCUT2D eigenvalue weighted by molar-refractivity contribution is -0.142. The van der Waals surface area contributed by atoms with Crippen molar-refractivity contribution in [2.24, 2.45) is 5.92 Å². The molecule has 7 nitrogen and oxygen atoms in total. The zero-order chi connectivity index (χ0) is 24.7. The smallest absolute Gasteiger partial charge is 0.407 e. The minimum Gasteiger partial charge on any atom is -0.480 e. The predicted molar refractivity (Wildman–Crippen MR) is 134 cm³/mol. The monoisotopic (exact) mass is 484 g/mol. The van der Waals surface area contributed by atoms with Gasteiger partial charge in [-0.3, -0.25) is 4.79 Å². The molecule has 0 aliphatic heterocycles. The molecule has 1 aliphatic rings. The van der Waals surface area contributed by atoms with E-state index in [4.69, 9.17) is 4.74 Å². The van der Waals surface area contributed by atoms with Gasteiger partial charge in [-0.15, -0.1) is 0 Å². The van der Waals surface area contributed by atoms with Gasteiger partial charge in [-0.05, 0) is 53.0 Å². The van der Waals surface area contributed by atoms with E-state index in [1.54, 1.807) is 11.8 Å². The van der Waals surface area contributed by atoms with Crippen LogP contribution < -0.4 is 10.6 Å². The van der Waals surface area contributed by atoms with Gasteiger partial charge < -0.3 is 20.5 Å². The van der Waals surface area contributed by atoms with E-state index < -0.39 is 30.1 Å². The van der Waals surface area contributed by atoms with Crippen molar-refractivity contribution >= 4 is 29.7 Å². The Balaban J connectivity index is 1.65. The van der Waals surface area contributed by atoms with Crippen LogP contribution in [0.1, 0.15) is 43.7 Å². The average molecular weight is 485 g/mol. The average Bonchev–Trinajstić information content (AvgIpc) is 3.13. The largest absolute Gasteiger partial charge is 0.480 e. The molecule has 34 heavy (non-hydrogen) atoms. The number of rotatable bonds is 11. The first kappa shape index (κ1) is 25.6. The van der Waals surface area contributed by atoms with Crippen LogP contribution in [-0.4, -0.2) is 53.8 Å². The van der Waals surface area contributed by atoms with E-state index in [1.165, 1.54) is 0 Å². The van der Waals surface area contributed by atoms with E-state index in [1.807, 2.05) is 56.5 Å². The summed E-state index contributed by atoms with van der Waals surface area (Å²) in [6.07, 6.45) is 1.88. The Hall–Kier alpha value is -3.00. The first-order chi connectivity index (χ1) is 16.3. The number of carboxylic acids is 1. The molecule has 2 amide bonds. The molecule has 3 N–H and O–H groups in total. The summed E-state index contributed by atoms with van der Waals surface area (Å²) < 4.78 is 5.56. The van der Waals surface area contributed by atoms with Crippen LogP contribution in [-0.2, 0) is 14.3 Å². The standard InChI is InChI=1S/C26H32N2O5S/c1-16(2)14-23(25(30)31)27-24(29)22(12-13-34-3)28-26(32)33-15-21-19-10-6-4-8-17(19)18-9-5-7-11-20(18)21/h4-11,16,21-23H,12-15H2,1-3H3,(H,27,29)(H,28,32)(H,30,31)/t22-,23?/m0/s1. The Kier molecular flexibility index (Phi) is 8.98. The maximum absolute atomic E-state index is 12.8. The van der Waals surface area contributed by atoms with Gasteiger partial charge in [-0.2, -0.15) is 11.8 Å². The third kappa shape index (κ3) is 6.32. The van der Waals surface area contributed by atoms with Gasteiger partial charge in [0.1, 0.15) is 18.7 Å². The number of aliphatic carboxylic acids is 1.